The van der Waals surface area contributed by atoms with Crippen LogP contribution in [0.4, 0.5) is 4.39 Å². The highest BCUT2D eigenvalue weighted by molar-refractivity contribution is 7.10. The van der Waals surface area contributed by atoms with Crippen LogP contribution >= 0.6 is 11.3 Å². The standard InChI is InChI=1S/C20H17FN2O2S/c21-17-4-1-3-16(11-17)14-25-18-8-6-15(7-9-18)13-22-23-20(24)12-19-5-2-10-26-19/h1-11,13H,12,14H2,(H,23,24)/b22-13-. The summed E-state index contributed by atoms with van der Waals surface area (Å²) < 4.78 is 18.8. The number of benzene rings is 2. The van der Waals surface area contributed by atoms with Crippen LogP contribution in [0.2, 0.25) is 0 Å². The minimum absolute atomic E-state index is 0.154. The lowest BCUT2D eigenvalue weighted by molar-refractivity contribution is -0.120. The predicted octanol–water partition coefficient (Wildman–Crippen LogP) is 4.16. The number of hydrogen-bond donors (Lipinski definition) is 1. The predicted molar refractivity (Wildman–Crippen MR) is 101 cm³/mol. The molecule has 0 aliphatic carbocycles. The van der Waals surface area contributed by atoms with Crippen LogP contribution in [0, 0.1) is 5.82 Å². The van der Waals surface area contributed by atoms with E-state index in [0.717, 1.165) is 16.0 Å². The molecule has 0 spiro atoms. The van der Waals surface area contributed by atoms with Crippen LogP contribution < -0.4 is 10.2 Å². The number of carbonyl (C=O) groups excluding carboxylic acids is 1. The van der Waals surface area contributed by atoms with Crippen molar-refractivity contribution in [3.8, 4) is 5.75 Å². The molecule has 0 radical (unpaired) electrons. The Morgan fingerprint density at radius 3 is 2.73 bits per heavy atom. The summed E-state index contributed by atoms with van der Waals surface area (Å²) in [5, 5.41) is 5.89. The Bertz CT molecular complexity index is 877. The Morgan fingerprint density at radius 2 is 2.00 bits per heavy atom. The summed E-state index contributed by atoms with van der Waals surface area (Å²) >= 11 is 1.54. The molecule has 26 heavy (non-hydrogen) atoms. The van der Waals surface area contributed by atoms with Crippen LogP contribution in [-0.4, -0.2) is 12.1 Å². The van der Waals surface area contributed by atoms with E-state index in [-0.39, 0.29) is 11.7 Å². The van der Waals surface area contributed by atoms with Gasteiger partial charge in [0.2, 0.25) is 5.91 Å². The summed E-state index contributed by atoms with van der Waals surface area (Å²) in [4.78, 5) is 12.7. The zero-order chi connectivity index (χ0) is 18.2. The fourth-order valence-electron chi connectivity index (χ4n) is 2.23. The molecule has 0 atom stereocenters. The number of hydrogen-bond acceptors (Lipinski definition) is 4. The van der Waals surface area contributed by atoms with Gasteiger partial charge in [-0.1, -0.05) is 18.2 Å². The van der Waals surface area contributed by atoms with Gasteiger partial charge < -0.3 is 4.74 Å². The van der Waals surface area contributed by atoms with Crippen LogP contribution in [0.25, 0.3) is 0 Å². The van der Waals surface area contributed by atoms with Crippen molar-refractivity contribution in [2.75, 3.05) is 0 Å². The lowest BCUT2D eigenvalue weighted by Gasteiger charge is -2.06. The average molecular weight is 368 g/mol. The minimum atomic E-state index is -0.279. The summed E-state index contributed by atoms with van der Waals surface area (Å²) in [7, 11) is 0. The van der Waals surface area contributed by atoms with Crippen LogP contribution in [0.1, 0.15) is 16.0 Å². The van der Waals surface area contributed by atoms with Gasteiger partial charge in [0.25, 0.3) is 0 Å². The molecule has 1 N–H and O–H groups in total. The van der Waals surface area contributed by atoms with Gasteiger partial charge >= 0.3 is 0 Å². The molecule has 6 heteroatoms. The first-order valence-electron chi connectivity index (χ1n) is 8.00. The largest absolute Gasteiger partial charge is 0.489 e. The Balaban J connectivity index is 1.47. The van der Waals surface area contributed by atoms with Crippen LogP contribution in [-0.2, 0) is 17.8 Å². The number of rotatable bonds is 7. The van der Waals surface area contributed by atoms with E-state index >= 15 is 0 Å². The molecule has 2 aromatic carbocycles. The molecule has 1 amide bonds. The number of carbonyl (C=O) groups is 1. The van der Waals surface area contributed by atoms with E-state index in [1.807, 2.05) is 35.7 Å². The highest BCUT2D eigenvalue weighted by Gasteiger charge is 2.02. The fourth-order valence-corrected chi connectivity index (χ4v) is 2.94. The monoisotopic (exact) mass is 368 g/mol. The second-order valence-corrected chi connectivity index (χ2v) is 6.57. The molecule has 0 bridgehead atoms. The van der Waals surface area contributed by atoms with Crippen molar-refractivity contribution in [2.45, 2.75) is 13.0 Å². The molecule has 0 saturated carbocycles. The van der Waals surface area contributed by atoms with Crippen molar-refractivity contribution in [1.82, 2.24) is 5.43 Å². The number of thiophene rings is 1. The molecule has 3 rings (SSSR count). The van der Waals surface area contributed by atoms with Gasteiger partial charge in [-0.05, 0) is 59.0 Å². The maximum atomic E-state index is 13.1. The summed E-state index contributed by atoms with van der Waals surface area (Å²) in [6, 6.07) is 17.4. The van der Waals surface area contributed by atoms with Gasteiger partial charge in [-0.15, -0.1) is 11.3 Å². The zero-order valence-electron chi connectivity index (χ0n) is 13.9. The normalized spacial score (nSPS) is 10.8. The number of amides is 1. The van der Waals surface area contributed by atoms with Gasteiger partial charge in [0.1, 0.15) is 18.2 Å². The highest BCUT2D eigenvalue weighted by atomic mass is 32.1. The Labute approximate surface area is 155 Å². The second-order valence-electron chi connectivity index (χ2n) is 5.54. The van der Waals surface area contributed by atoms with Gasteiger partial charge in [0.05, 0.1) is 12.6 Å². The van der Waals surface area contributed by atoms with Gasteiger partial charge in [0, 0.05) is 4.88 Å². The van der Waals surface area contributed by atoms with Gasteiger partial charge in [0.15, 0.2) is 0 Å². The van der Waals surface area contributed by atoms with Crippen LogP contribution in [0.3, 0.4) is 0 Å². The maximum absolute atomic E-state index is 13.1. The quantitative estimate of drug-likeness (QED) is 0.503. The molecule has 132 valence electrons. The summed E-state index contributed by atoms with van der Waals surface area (Å²) in [5.41, 5.74) is 4.11. The van der Waals surface area contributed by atoms with E-state index in [0.29, 0.717) is 18.8 Å². The smallest absolute Gasteiger partial charge is 0.245 e. The summed E-state index contributed by atoms with van der Waals surface area (Å²) in [6.45, 7) is 0.296. The van der Waals surface area contributed by atoms with Crippen molar-refractivity contribution in [2.24, 2.45) is 5.10 Å². The van der Waals surface area contributed by atoms with Crippen LogP contribution in [0.5, 0.6) is 5.75 Å². The summed E-state index contributed by atoms with van der Waals surface area (Å²) in [6.07, 6.45) is 1.89. The van der Waals surface area contributed by atoms with Crippen molar-refractivity contribution in [3.63, 3.8) is 0 Å². The number of nitrogens with one attached hydrogen (secondary N) is 1. The summed E-state index contributed by atoms with van der Waals surface area (Å²) in [5.74, 6) is 0.241. The first-order chi connectivity index (χ1) is 12.7. The minimum Gasteiger partial charge on any atom is -0.489 e. The fraction of sp³-hybridized carbons (Fsp3) is 0.100. The van der Waals surface area contributed by atoms with E-state index in [1.54, 1.807) is 24.4 Å². The average Bonchev–Trinajstić information content (AvgIpc) is 3.14. The van der Waals surface area contributed by atoms with Crippen molar-refractivity contribution in [1.29, 1.82) is 0 Å². The van der Waals surface area contributed by atoms with E-state index in [1.165, 1.54) is 23.5 Å². The first kappa shape index (κ1) is 17.8. The molecule has 3 aromatic rings. The number of nitrogens with zero attached hydrogens (tertiary/aromatic N) is 1. The molecule has 0 aliphatic heterocycles. The third-order valence-corrected chi connectivity index (χ3v) is 4.37. The molecule has 0 unspecified atom stereocenters. The lowest BCUT2D eigenvalue weighted by Crippen LogP contribution is -2.19. The second kappa shape index (κ2) is 8.92. The van der Waals surface area contributed by atoms with Crippen LogP contribution in [0.15, 0.2) is 71.1 Å². The molecule has 1 heterocycles. The van der Waals surface area contributed by atoms with Crippen molar-refractivity contribution >= 4 is 23.5 Å². The molecule has 1 aromatic heterocycles. The Morgan fingerprint density at radius 1 is 1.15 bits per heavy atom. The van der Waals surface area contributed by atoms with E-state index in [9.17, 15) is 9.18 Å². The van der Waals surface area contributed by atoms with E-state index in [2.05, 4.69) is 10.5 Å². The van der Waals surface area contributed by atoms with Gasteiger partial charge in [-0.25, -0.2) is 9.82 Å². The molecule has 0 aliphatic rings. The van der Waals surface area contributed by atoms with E-state index in [4.69, 9.17) is 4.74 Å². The third kappa shape index (κ3) is 5.53. The van der Waals surface area contributed by atoms with Crippen molar-refractivity contribution < 1.29 is 13.9 Å². The Hall–Kier alpha value is -2.99. The van der Waals surface area contributed by atoms with Gasteiger partial charge in [-0.3, -0.25) is 4.79 Å². The highest BCUT2D eigenvalue weighted by Crippen LogP contribution is 2.14. The number of halogens is 1. The van der Waals surface area contributed by atoms with E-state index < -0.39 is 0 Å². The maximum Gasteiger partial charge on any atom is 0.245 e. The zero-order valence-corrected chi connectivity index (χ0v) is 14.7. The first-order valence-corrected chi connectivity index (χ1v) is 8.88. The molecule has 0 saturated heterocycles. The SMILES string of the molecule is O=C(Cc1cccs1)N/N=C\c1ccc(OCc2cccc(F)c2)cc1. The molecule has 0 fully saturated rings. The topological polar surface area (TPSA) is 50.7 Å². The third-order valence-electron chi connectivity index (χ3n) is 3.49. The molecule has 4 nitrogen and oxygen atoms in total. The molecular weight excluding hydrogens is 351 g/mol. The number of ether oxygens (including phenoxy) is 1. The lowest BCUT2D eigenvalue weighted by atomic mass is 10.2. The Kier molecular flexibility index (Phi) is 6.11. The molecular formula is C20H17FN2O2S. The van der Waals surface area contributed by atoms with Gasteiger partial charge in [-0.2, -0.15) is 5.10 Å². The van der Waals surface area contributed by atoms with Crippen molar-refractivity contribution in [3.05, 3.63) is 87.9 Å². The number of hydrazone groups is 1.